The van der Waals surface area contributed by atoms with Crippen LogP contribution in [-0.2, 0) is 11.8 Å². The first-order chi connectivity index (χ1) is 14.4. The van der Waals surface area contributed by atoms with Gasteiger partial charge in [0.15, 0.2) is 0 Å². The Bertz CT molecular complexity index is 1110. The molecular formula is C20H19FN6O3. The fraction of sp³-hybridized carbons (Fsp3) is 0.350. The lowest BCUT2D eigenvalue weighted by Gasteiger charge is -2.15. The third kappa shape index (κ3) is 3.50. The summed E-state index contributed by atoms with van der Waals surface area (Å²) in [5, 5.41) is 21.8. The molecule has 30 heavy (non-hydrogen) atoms. The molecule has 1 saturated heterocycles. The van der Waals surface area contributed by atoms with E-state index in [1.54, 1.807) is 37.5 Å². The number of aryl methyl sites for hydroxylation is 1. The zero-order valence-electron chi connectivity index (χ0n) is 16.2. The lowest BCUT2D eigenvalue weighted by molar-refractivity contribution is 0.0705. The second kappa shape index (κ2) is 6.84. The molecule has 0 radical (unpaired) electrons. The van der Waals surface area contributed by atoms with Gasteiger partial charge < -0.3 is 9.84 Å². The third-order valence-corrected chi connectivity index (χ3v) is 5.39. The van der Waals surface area contributed by atoms with Crippen LogP contribution in [0.15, 0.2) is 36.5 Å². The lowest BCUT2D eigenvalue weighted by Crippen LogP contribution is -2.26. The van der Waals surface area contributed by atoms with Gasteiger partial charge in [-0.1, -0.05) is 6.07 Å². The summed E-state index contributed by atoms with van der Waals surface area (Å²) in [6, 6.07) is 8.02. The van der Waals surface area contributed by atoms with Crippen LogP contribution in [0.25, 0.3) is 22.6 Å². The molecule has 2 aliphatic rings. The van der Waals surface area contributed by atoms with Crippen molar-refractivity contribution in [3.8, 4) is 22.6 Å². The predicted octanol–water partition coefficient (Wildman–Crippen LogP) is 2.32. The summed E-state index contributed by atoms with van der Waals surface area (Å²) >= 11 is 0. The van der Waals surface area contributed by atoms with Crippen molar-refractivity contribution in [1.82, 2.24) is 25.2 Å². The maximum Gasteiger partial charge on any atom is 0.414 e. The van der Waals surface area contributed by atoms with Gasteiger partial charge >= 0.3 is 6.09 Å². The summed E-state index contributed by atoms with van der Waals surface area (Å²) < 4.78 is 20.2. The Morgan fingerprint density at radius 3 is 2.77 bits per heavy atom. The fourth-order valence-corrected chi connectivity index (χ4v) is 3.59. The van der Waals surface area contributed by atoms with Crippen molar-refractivity contribution < 1.29 is 19.0 Å². The molecule has 2 fully saturated rings. The number of carbonyl (C=O) groups excluding carboxylic acids is 1. The van der Waals surface area contributed by atoms with Gasteiger partial charge in [-0.15, -0.1) is 10.2 Å². The number of tetrazole rings is 1. The smallest absolute Gasteiger partial charge is 0.414 e. The fourth-order valence-electron chi connectivity index (χ4n) is 3.59. The number of aliphatic hydroxyl groups is 1. The van der Waals surface area contributed by atoms with E-state index >= 15 is 0 Å². The number of pyridine rings is 1. The monoisotopic (exact) mass is 410 g/mol. The molecule has 154 valence electrons. The summed E-state index contributed by atoms with van der Waals surface area (Å²) in [6.07, 6.45) is 2.49. The van der Waals surface area contributed by atoms with Crippen LogP contribution in [0.3, 0.4) is 0 Å². The molecule has 0 spiro atoms. The van der Waals surface area contributed by atoms with Crippen molar-refractivity contribution in [2.45, 2.75) is 31.0 Å². The maximum atomic E-state index is 14.8. The van der Waals surface area contributed by atoms with Crippen molar-refractivity contribution in [2.75, 3.05) is 11.4 Å². The van der Waals surface area contributed by atoms with E-state index in [0.717, 1.165) is 12.8 Å². The second-order valence-corrected chi connectivity index (χ2v) is 7.74. The van der Waals surface area contributed by atoms with Gasteiger partial charge in [0, 0.05) is 23.7 Å². The summed E-state index contributed by atoms with van der Waals surface area (Å²) in [5.74, 6) is -0.0884. The quantitative estimate of drug-likeness (QED) is 0.688. The lowest BCUT2D eigenvalue weighted by atomic mass is 10.1. The van der Waals surface area contributed by atoms with E-state index in [2.05, 4.69) is 20.4 Å². The molecule has 0 bridgehead atoms. The van der Waals surface area contributed by atoms with Crippen molar-refractivity contribution in [3.63, 3.8) is 0 Å². The van der Waals surface area contributed by atoms with Crippen LogP contribution in [0, 0.1) is 5.82 Å². The van der Waals surface area contributed by atoms with Gasteiger partial charge in [-0.2, -0.15) is 4.80 Å². The minimum Gasteiger partial charge on any atom is -0.444 e. The number of ether oxygens (including phenoxy) is 1. The SMILES string of the molecule is Cn1nnc(-c2ccc(-c3ccc(N4C[C@H](CC5(O)CC5)OC4=O)cc3F)cn2)n1. The predicted molar refractivity (Wildman–Crippen MR) is 104 cm³/mol. The molecule has 3 aromatic rings. The maximum absolute atomic E-state index is 14.8. The Hall–Kier alpha value is -3.40. The van der Waals surface area contributed by atoms with E-state index in [4.69, 9.17) is 4.74 Å². The van der Waals surface area contributed by atoms with Gasteiger partial charge in [-0.3, -0.25) is 9.88 Å². The largest absolute Gasteiger partial charge is 0.444 e. The van der Waals surface area contributed by atoms with Crippen LogP contribution < -0.4 is 4.90 Å². The number of aromatic nitrogens is 5. The van der Waals surface area contributed by atoms with Crippen LogP contribution >= 0.6 is 0 Å². The van der Waals surface area contributed by atoms with Gasteiger partial charge in [-0.05, 0) is 42.3 Å². The molecule has 1 aliphatic heterocycles. The molecule has 1 aromatic carbocycles. The van der Waals surface area contributed by atoms with E-state index in [0.29, 0.717) is 41.3 Å². The average Bonchev–Trinajstić information content (AvgIpc) is 3.10. The summed E-state index contributed by atoms with van der Waals surface area (Å²) in [7, 11) is 1.66. The van der Waals surface area contributed by atoms with Crippen molar-refractivity contribution >= 4 is 11.8 Å². The zero-order valence-corrected chi connectivity index (χ0v) is 16.2. The Balaban J connectivity index is 1.34. The second-order valence-electron chi connectivity index (χ2n) is 7.74. The number of rotatable bonds is 5. The standard InChI is InChI=1S/C20H19FN6O3/c1-26-24-18(23-25-26)17-5-2-12(10-22-17)15-4-3-13(8-16(15)21)27-11-14(30-19(27)28)9-20(29)6-7-20/h2-5,8,10,14,29H,6-7,9,11H2,1H3/t14-/m0/s1. The van der Waals surface area contributed by atoms with Crippen molar-refractivity contribution in [3.05, 3.63) is 42.3 Å². The highest BCUT2D eigenvalue weighted by molar-refractivity contribution is 5.90. The number of benzene rings is 1. The van der Waals surface area contributed by atoms with Crippen LogP contribution in [0.1, 0.15) is 19.3 Å². The molecule has 1 atom stereocenters. The minimum atomic E-state index is -0.712. The normalized spacial score (nSPS) is 19.8. The number of carbonyl (C=O) groups is 1. The van der Waals surface area contributed by atoms with Crippen molar-refractivity contribution in [1.29, 1.82) is 0 Å². The Kier molecular flexibility index (Phi) is 4.24. The van der Waals surface area contributed by atoms with Gasteiger partial charge in [-0.25, -0.2) is 9.18 Å². The van der Waals surface area contributed by atoms with Gasteiger partial charge in [0.1, 0.15) is 17.6 Å². The number of amides is 1. The Labute approximate surface area is 171 Å². The molecule has 9 nitrogen and oxygen atoms in total. The Morgan fingerprint density at radius 2 is 2.13 bits per heavy atom. The third-order valence-electron chi connectivity index (χ3n) is 5.39. The van der Waals surface area contributed by atoms with Crippen LogP contribution in [-0.4, -0.2) is 54.6 Å². The topological polar surface area (TPSA) is 106 Å². The molecule has 10 heteroatoms. The highest BCUT2D eigenvalue weighted by Crippen LogP contribution is 2.41. The van der Waals surface area contributed by atoms with Crippen molar-refractivity contribution in [2.24, 2.45) is 7.05 Å². The van der Waals surface area contributed by atoms with E-state index in [-0.39, 0.29) is 6.10 Å². The molecule has 3 heterocycles. The zero-order chi connectivity index (χ0) is 20.9. The number of halogens is 1. The molecule has 0 unspecified atom stereocenters. The first-order valence-corrected chi connectivity index (χ1v) is 9.61. The summed E-state index contributed by atoms with van der Waals surface area (Å²) in [6.45, 7) is 0.293. The number of hydrogen-bond donors (Lipinski definition) is 1. The van der Waals surface area contributed by atoms with E-state index in [9.17, 15) is 14.3 Å². The molecular weight excluding hydrogens is 391 g/mol. The van der Waals surface area contributed by atoms with Gasteiger partial charge in [0.05, 0.1) is 24.9 Å². The van der Waals surface area contributed by atoms with Crippen LogP contribution in [0.5, 0.6) is 0 Å². The molecule has 2 aromatic heterocycles. The number of cyclic esters (lactones) is 1. The Morgan fingerprint density at radius 1 is 1.30 bits per heavy atom. The molecule has 5 rings (SSSR count). The van der Waals surface area contributed by atoms with Crippen LogP contribution in [0.4, 0.5) is 14.9 Å². The summed E-state index contributed by atoms with van der Waals surface area (Å²) in [5.41, 5.74) is 1.19. The highest BCUT2D eigenvalue weighted by atomic mass is 19.1. The summed E-state index contributed by atoms with van der Waals surface area (Å²) in [4.78, 5) is 19.2. The molecule has 1 N–H and O–H groups in total. The van der Waals surface area contributed by atoms with E-state index in [1.165, 1.54) is 15.8 Å². The van der Waals surface area contributed by atoms with Gasteiger partial charge in [0.25, 0.3) is 0 Å². The van der Waals surface area contributed by atoms with E-state index < -0.39 is 17.5 Å². The van der Waals surface area contributed by atoms with Gasteiger partial charge in [0.2, 0.25) is 5.82 Å². The van der Waals surface area contributed by atoms with Crippen LogP contribution in [0.2, 0.25) is 0 Å². The first-order valence-electron chi connectivity index (χ1n) is 9.61. The average molecular weight is 410 g/mol. The molecule has 1 saturated carbocycles. The number of hydrogen-bond acceptors (Lipinski definition) is 7. The highest BCUT2D eigenvalue weighted by Gasteiger charge is 2.46. The molecule has 1 aliphatic carbocycles. The number of nitrogens with zero attached hydrogens (tertiary/aromatic N) is 6. The minimum absolute atomic E-state index is 0.293. The molecule has 1 amide bonds. The number of anilines is 1. The first kappa shape index (κ1) is 18.6. The van der Waals surface area contributed by atoms with E-state index in [1.807, 2.05) is 0 Å².